The zero-order chi connectivity index (χ0) is 9.10. The van der Waals surface area contributed by atoms with Gasteiger partial charge in [0.1, 0.15) is 0 Å². The molecule has 6 heteroatoms. The zero-order valence-corrected chi connectivity index (χ0v) is 7.36. The van der Waals surface area contributed by atoms with Crippen molar-refractivity contribution in [3.05, 3.63) is 5.89 Å². The Labute approximate surface area is 76.1 Å². The minimum atomic E-state index is 0.213. The summed E-state index contributed by atoms with van der Waals surface area (Å²) in [5.74, 6) is 0.810. The zero-order valence-electron chi connectivity index (χ0n) is 7.36. The van der Waals surface area contributed by atoms with Crippen LogP contribution in [-0.2, 0) is 6.54 Å². The van der Waals surface area contributed by atoms with Gasteiger partial charge < -0.3 is 15.6 Å². The van der Waals surface area contributed by atoms with Crippen LogP contribution in [0.1, 0.15) is 5.89 Å². The molecule has 0 aromatic carbocycles. The van der Waals surface area contributed by atoms with Crippen LogP contribution in [0, 0.1) is 0 Å². The van der Waals surface area contributed by atoms with Crippen molar-refractivity contribution in [3.8, 4) is 0 Å². The molecule has 6 nitrogen and oxygen atoms in total. The molecular weight excluding hydrogens is 170 g/mol. The van der Waals surface area contributed by atoms with Gasteiger partial charge in [-0.05, 0) is 5.16 Å². The summed E-state index contributed by atoms with van der Waals surface area (Å²) < 4.78 is 4.92. The van der Waals surface area contributed by atoms with E-state index >= 15 is 0 Å². The molecule has 72 valence electrons. The molecule has 1 saturated heterocycles. The first-order valence-electron chi connectivity index (χ1n) is 4.36. The summed E-state index contributed by atoms with van der Waals surface area (Å²) in [6.07, 6.45) is 0. The lowest BCUT2D eigenvalue weighted by Gasteiger charge is -2.25. The van der Waals surface area contributed by atoms with E-state index in [1.807, 2.05) is 0 Å². The van der Waals surface area contributed by atoms with E-state index in [1.54, 1.807) is 0 Å². The number of anilines is 1. The number of hydrogen-bond acceptors (Lipinski definition) is 6. The number of aromatic nitrogens is 2. The molecule has 1 aliphatic heterocycles. The number of nitrogens with zero attached hydrogens (tertiary/aromatic N) is 3. The number of rotatable bonds is 2. The van der Waals surface area contributed by atoms with E-state index in [0.29, 0.717) is 12.4 Å². The predicted molar refractivity (Wildman–Crippen MR) is 46.9 cm³/mol. The summed E-state index contributed by atoms with van der Waals surface area (Å²) in [4.78, 5) is 6.20. The maximum Gasteiger partial charge on any atom is 0.260 e. The molecule has 0 atom stereocenters. The van der Waals surface area contributed by atoms with Crippen LogP contribution in [0.4, 0.5) is 5.95 Å². The topological polar surface area (TPSA) is 80.2 Å². The van der Waals surface area contributed by atoms with E-state index in [9.17, 15) is 0 Å². The Morgan fingerprint density at radius 1 is 1.46 bits per heavy atom. The Hall–Kier alpha value is -1.14. The van der Waals surface area contributed by atoms with Gasteiger partial charge in [0.15, 0.2) is 0 Å². The SMILES string of the molecule is Nc1noc(CN2CCNCC2)n1. The highest BCUT2D eigenvalue weighted by Crippen LogP contribution is 2.03. The number of nitrogens with one attached hydrogen (secondary N) is 1. The largest absolute Gasteiger partial charge is 0.365 e. The van der Waals surface area contributed by atoms with Gasteiger partial charge >= 0.3 is 0 Å². The Balaban J connectivity index is 1.89. The summed E-state index contributed by atoms with van der Waals surface area (Å²) in [7, 11) is 0. The molecule has 13 heavy (non-hydrogen) atoms. The van der Waals surface area contributed by atoms with Gasteiger partial charge in [-0.25, -0.2) is 0 Å². The first-order chi connectivity index (χ1) is 6.34. The molecular formula is C7H13N5O. The second-order valence-electron chi connectivity index (χ2n) is 3.07. The van der Waals surface area contributed by atoms with Crippen LogP contribution >= 0.6 is 0 Å². The van der Waals surface area contributed by atoms with Gasteiger partial charge in [0.2, 0.25) is 5.89 Å². The normalized spacial score (nSPS) is 19.1. The van der Waals surface area contributed by atoms with Crippen molar-refractivity contribution in [2.75, 3.05) is 31.9 Å². The Kier molecular flexibility index (Phi) is 2.42. The number of nitrogens with two attached hydrogens (primary N) is 1. The second-order valence-corrected chi connectivity index (χ2v) is 3.07. The Morgan fingerprint density at radius 2 is 2.23 bits per heavy atom. The summed E-state index contributed by atoms with van der Waals surface area (Å²) in [6.45, 7) is 4.77. The average Bonchev–Trinajstić information content (AvgIpc) is 2.53. The molecule has 2 rings (SSSR count). The lowest BCUT2D eigenvalue weighted by molar-refractivity contribution is 0.203. The van der Waals surface area contributed by atoms with Crippen LogP contribution in [0.15, 0.2) is 4.52 Å². The van der Waals surface area contributed by atoms with Crippen LogP contribution in [-0.4, -0.2) is 41.2 Å². The standard InChI is InChI=1S/C7H13N5O/c8-7-10-6(13-11-7)5-12-3-1-9-2-4-12/h9H,1-5H2,(H2,8,11). The van der Waals surface area contributed by atoms with Crippen molar-refractivity contribution in [1.82, 2.24) is 20.4 Å². The number of piperazine rings is 1. The van der Waals surface area contributed by atoms with Crippen LogP contribution in [0.2, 0.25) is 0 Å². The van der Waals surface area contributed by atoms with Crippen LogP contribution < -0.4 is 11.1 Å². The van der Waals surface area contributed by atoms with Crippen molar-refractivity contribution < 1.29 is 4.52 Å². The second kappa shape index (κ2) is 3.71. The predicted octanol–water partition coefficient (Wildman–Crippen LogP) is -0.943. The maximum atomic E-state index is 5.34. The molecule has 0 spiro atoms. The maximum absolute atomic E-state index is 5.34. The molecule has 3 N–H and O–H groups in total. The van der Waals surface area contributed by atoms with Gasteiger partial charge in [-0.3, -0.25) is 4.90 Å². The fourth-order valence-electron chi connectivity index (χ4n) is 1.39. The van der Waals surface area contributed by atoms with Crippen LogP contribution in [0.5, 0.6) is 0 Å². The molecule has 0 amide bonds. The molecule has 0 aliphatic carbocycles. The van der Waals surface area contributed by atoms with Gasteiger partial charge in [-0.15, -0.1) is 0 Å². The summed E-state index contributed by atoms with van der Waals surface area (Å²) in [6, 6.07) is 0. The smallest absolute Gasteiger partial charge is 0.260 e. The van der Waals surface area contributed by atoms with Crippen LogP contribution in [0.25, 0.3) is 0 Å². The molecule has 0 radical (unpaired) electrons. The molecule has 2 heterocycles. The van der Waals surface area contributed by atoms with Gasteiger partial charge in [-0.1, -0.05) is 0 Å². The summed E-state index contributed by atoms with van der Waals surface area (Å²) in [5.41, 5.74) is 5.34. The molecule has 0 bridgehead atoms. The summed E-state index contributed by atoms with van der Waals surface area (Å²) in [5, 5.41) is 6.80. The molecule has 1 aliphatic rings. The van der Waals surface area contributed by atoms with Crippen LogP contribution in [0.3, 0.4) is 0 Å². The first kappa shape index (κ1) is 8.46. The van der Waals surface area contributed by atoms with E-state index < -0.39 is 0 Å². The van der Waals surface area contributed by atoms with E-state index in [1.165, 1.54) is 0 Å². The third kappa shape index (κ3) is 2.16. The summed E-state index contributed by atoms with van der Waals surface area (Å²) >= 11 is 0. The fraction of sp³-hybridized carbons (Fsp3) is 0.714. The van der Waals surface area contributed by atoms with E-state index in [4.69, 9.17) is 10.3 Å². The van der Waals surface area contributed by atoms with Crippen molar-refractivity contribution in [3.63, 3.8) is 0 Å². The van der Waals surface area contributed by atoms with Crippen molar-refractivity contribution in [1.29, 1.82) is 0 Å². The van der Waals surface area contributed by atoms with Crippen molar-refractivity contribution in [2.24, 2.45) is 0 Å². The van der Waals surface area contributed by atoms with Gasteiger partial charge in [-0.2, -0.15) is 4.98 Å². The Bertz CT molecular complexity index is 268. The molecule has 1 aromatic heterocycles. The van der Waals surface area contributed by atoms with E-state index in [0.717, 1.165) is 26.2 Å². The minimum Gasteiger partial charge on any atom is -0.365 e. The lowest BCUT2D eigenvalue weighted by atomic mass is 10.3. The van der Waals surface area contributed by atoms with E-state index in [-0.39, 0.29) is 5.95 Å². The van der Waals surface area contributed by atoms with Gasteiger partial charge in [0.05, 0.1) is 6.54 Å². The van der Waals surface area contributed by atoms with Crippen molar-refractivity contribution in [2.45, 2.75) is 6.54 Å². The minimum absolute atomic E-state index is 0.213. The molecule has 0 unspecified atom stereocenters. The average molecular weight is 183 g/mol. The molecule has 1 aromatic rings. The molecule has 1 fully saturated rings. The number of nitrogen functional groups attached to an aromatic ring is 1. The fourth-order valence-corrected chi connectivity index (χ4v) is 1.39. The number of hydrogen-bond donors (Lipinski definition) is 2. The van der Waals surface area contributed by atoms with E-state index in [2.05, 4.69) is 20.4 Å². The first-order valence-corrected chi connectivity index (χ1v) is 4.36. The van der Waals surface area contributed by atoms with Gasteiger partial charge in [0, 0.05) is 26.2 Å². The third-order valence-corrected chi connectivity index (χ3v) is 2.05. The third-order valence-electron chi connectivity index (χ3n) is 2.05. The lowest BCUT2D eigenvalue weighted by Crippen LogP contribution is -2.42. The Morgan fingerprint density at radius 3 is 2.85 bits per heavy atom. The highest BCUT2D eigenvalue weighted by molar-refractivity contribution is 5.10. The highest BCUT2D eigenvalue weighted by atomic mass is 16.5. The quantitative estimate of drug-likeness (QED) is 0.615. The highest BCUT2D eigenvalue weighted by Gasteiger charge is 2.13. The van der Waals surface area contributed by atoms with Gasteiger partial charge in [0.25, 0.3) is 5.95 Å². The van der Waals surface area contributed by atoms with Crippen molar-refractivity contribution >= 4 is 5.95 Å². The molecule has 0 saturated carbocycles. The monoisotopic (exact) mass is 183 g/mol.